The summed E-state index contributed by atoms with van der Waals surface area (Å²) in [5.41, 5.74) is -2.41. The molecule has 14 heteroatoms. The van der Waals surface area contributed by atoms with E-state index in [4.69, 9.17) is 0 Å². The van der Waals surface area contributed by atoms with Crippen LogP contribution in [0.5, 0.6) is 0 Å². The summed E-state index contributed by atoms with van der Waals surface area (Å²) < 4.78 is 81.8. The molecule has 3 saturated heterocycles. The Morgan fingerprint density at radius 1 is 0.860 bits per heavy atom. The molecule has 1 atom stereocenters. The number of hydrogen-bond acceptors (Lipinski definition) is 4. The van der Waals surface area contributed by atoms with Crippen LogP contribution < -0.4 is 0 Å². The number of H-pyrrole nitrogens is 1. The lowest BCUT2D eigenvalue weighted by molar-refractivity contribution is -0.143. The summed E-state index contributed by atoms with van der Waals surface area (Å²) in [5, 5.41) is 0.844. The maximum atomic E-state index is 13.8. The summed E-state index contributed by atoms with van der Waals surface area (Å²) in [6.45, 7) is 3.31. The molecule has 2 aromatic carbocycles. The van der Waals surface area contributed by atoms with Gasteiger partial charge in [-0.1, -0.05) is 24.6 Å². The summed E-state index contributed by atoms with van der Waals surface area (Å²) in [6.07, 6.45) is -2.14. The maximum Gasteiger partial charge on any atom is 0.416 e. The van der Waals surface area contributed by atoms with Crippen LogP contribution in [-0.4, -0.2) is 100 Å². The number of para-hydroxylation sites is 1. The van der Waals surface area contributed by atoms with E-state index in [2.05, 4.69) is 9.88 Å². The molecule has 3 aromatic rings. The lowest BCUT2D eigenvalue weighted by atomic mass is 9.98. The number of hydrogen-bond donors (Lipinski definition) is 1. The zero-order valence-electron chi connectivity index (χ0n) is 27.7. The number of rotatable bonds is 8. The number of piperidine rings is 2. The van der Waals surface area contributed by atoms with Gasteiger partial charge in [0.1, 0.15) is 6.54 Å². The molecule has 1 N–H and O–H groups in total. The molecule has 0 saturated carbocycles. The molecule has 4 heterocycles. The highest BCUT2D eigenvalue weighted by Gasteiger charge is 2.40. The molecule has 8 nitrogen and oxygen atoms in total. The molecule has 0 spiro atoms. The molecule has 3 amide bonds. The maximum absolute atomic E-state index is 13.8. The van der Waals surface area contributed by atoms with Gasteiger partial charge in [0.25, 0.3) is 5.91 Å². The molecule has 1 aromatic heterocycles. The number of aromatic amines is 1. The van der Waals surface area contributed by atoms with Gasteiger partial charge in [0.2, 0.25) is 11.8 Å². The van der Waals surface area contributed by atoms with Gasteiger partial charge in [0.15, 0.2) is 0 Å². The number of benzene rings is 2. The van der Waals surface area contributed by atoms with Crippen molar-refractivity contribution in [2.24, 2.45) is 0 Å². The van der Waals surface area contributed by atoms with Crippen molar-refractivity contribution >= 4 is 28.6 Å². The van der Waals surface area contributed by atoms with Crippen molar-refractivity contribution in [1.82, 2.24) is 24.6 Å². The Morgan fingerprint density at radius 2 is 1.52 bits per heavy atom. The normalized spacial score (nSPS) is 20.2. The molecule has 3 aliphatic rings. The van der Waals surface area contributed by atoms with Crippen LogP contribution in [0.2, 0.25) is 0 Å². The molecule has 1 unspecified atom stereocenters. The van der Waals surface area contributed by atoms with Gasteiger partial charge in [-0.15, -0.1) is 0 Å². The van der Waals surface area contributed by atoms with Crippen LogP contribution in [0.4, 0.5) is 26.3 Å². The van der Waals surface area contributed by atoms with E-state index in [0.717, 1.165) is 47.3 Å². The van der Waals surface area contributed by atoms with Gasteiger partial charge in [0, 0.05) is 61.3 Å². The van der Waals surface area contributed by atoms with Gasteiger partial charge in [-0.05, 0) is 81.4 Å². The second-order valence-electron chi connectivity index (χ2n) is 13.6. The molecule has 3 aliphatic heterocycles. The molecule has 0 bridgehead atoms. The van der Waals surface area contributed by atoms with E-state index >= 15 is 0 Å². The smallest absolute Gasteiger partial charge is 0.361 e. The Bertz CT molecular complexity index is 1660. The van der Waals surface area contributed by atoms with Crippen molar-refractivity contribution in [3.63, 3.8) is 0 Å². The lowest BCUT2D eigenvalue weighted by Crippen LogP contribution is -2.58. The molecule has 6 rings (SSSR count). The van der Waals surface area contributed by atoms with Gasteiger partial charge in [0.05, 0.1) is 17.2 Å². The first-order valence-corrected chi connectivity index (χ1v) is 17.2. The van der Waals surface area contributed by atoms with Crippen LogP contribution in [0.1, 0.15) is 72.0 Å². The minimum absolute atomic E-state index is 0.00455. The molecule has 0 aliphatic carbocycles. The molecular weight excluding hydrogens is 664 g/mol. The standard InChI is InChI=1S/C36H41F6N5O3/c37-35(38,39)26-17-24(18-27(20-26)36(40,41)42)34(50)47-23-33(49)46(22-29(47)19-25-21-43-31-8-3-2-7-30(25)31)14-6-9-32(48)45-15-10-28(11-16-45)44-12-4-1-5-13-44/h2-3,7-8,17-18,20-21,28-29,43H,1,4-6,9-16,19,22-23H2. The van der Waals surface area contributed by atoms with E-state index in [1.54, 1.807) is 6.20 Å². The summed E-state index contributed by atoms with van der Waals surface area (Å²) in [5.74, 6) is -1.57. The first kappa shape index (κ1) is 35.7. The second-order valence-corrected chi connectivity index (χ2v) is 13.6. The number of carbonyl (C=O) groups excluding carboxylic acids is 3. The highest BCUT2D eigenvalue weighted by atomic mass is 19.4. The molecular formula is C36H41F6N5O3. The number of nitrogens with one attached hydrogen (secondary N) is 1. The largest absolute Gasteiger partial charge is 0.416 e. The fraction of sp³-hybridized carbons (Fsp3) is 0.528. The number of carbonyl (C=O) groups is 3. The van der Waals surface area contributed by atoms with E-state index < -0.39 is 53.4 Å². The van der Waals surface area contributed by atoms with Crippen molar-refractivity contribution in [1.29, 1.82) is 0 Å². The SMILES string of the molecule is O=C(CCCN1CC(Cc2c[nH]c3ccccc23)N(C(=O)c2cc(C(F)(F)F)cc(C(F)(F)F)c2)CC1=O)N1CCC(N2CCCCC2)CC1. The fourth-order valence-electron chi connectivity index (χ4n) is 7.60. The monoisotopic (exact) mass is 705 g/mol. The van der Waals surface area contributed by atoms with Crippen LogP contribution in [0.25, 0.3) is 10.9 Å². The van der Waals surface area contributed by atoms with Crippen LogP contribution in [-0.2, 0) is 28.4 Å². The van der Waals surface area contributed by atoms with Gasteiger partial charge >= 0.3 is 12.4 Å². The molecule has 3 fully saturated rings. The minimum atomic E-state index is -5.13. The minimum Gasteiger partial charge on any atom is -0.361 e. The van der Waals surface area contributed by atoms with Crippen molar-refractivity contribution in [2.75, 3.05) is 45.8 Å². The number of alkyl halides is 6. The summed E-state index contributed by atoms with van der Waals surface area (Å²) >= 11 is 0. The van der Waals surface area contributed by atoms with Crippen LogP contribution in [0, 0.1) is 0 Å². The number of halogens is 6. The predicted molar refractivity (Wildman–Crippen MR) is 174 cm³/mol. The van der Waals surface area contributed by atoms with E-state index in [-0.39, 0.29) is 37.9 Å². The predicted octanol–water partition coefficient (Wildman–Crippen LogP) is 6.36. The van der Waals surface area contributed by atoms with Gasteiger partial charge < -0.3 is 24.6 Å². The number of aromatic nitrogens is 1. The molecule has 50 heavy (non-hydrogen) atoms. The summed E-state index contributed by atoms with van der Waals surface area (Å²) in [4.78, 5) is 50.4. The zero-order chi connectivity index (χ0) is 35.6. The first-order chi connectivity index (χ1) is 23.8. The van der Waals surface area contributed by atoms with Crippen molar-refractivity contribution in [3.8, 4) is 0 Å². The Labute approximate surface area is 286 Å². The highest BCUT2D eigenvalue weighted by molar-refractivity contribution is 5.98. The number of amides is 3. The third kappa shape index (κ3) is 8.11. The van der Waals surface area contributed by atoms with Crippen molar-refractivity contribution in [3.05, 3.63) is 70.9 Å². The van der Waals surface area contributed by atoms with Crippen LogP contribution >= 0.6 is 0 Å². The lowest BCUT2D eigenvalue weighted by Gasteiger charge is -2.41. The van der Waals surface area contributed by atoms with Crippen LogP contribution in [0.15, 0.2) is 48.7 Å². The number of piperazine rings is 1. The number of fused-ring (bicyclic) bond motifs is 1. The van der Waals surface area contributed by atoms with E-state index in [1.165, 1.54) is 24.2 Å². The second kappa shape index (κ2) is 14.7. The van der Waals surface area contributed by atoms with Gasteiger partial charge in [-0.25, -0.2) is 0 Å². The summed E-state index contributed by atoms with van der Waals surface area (Å²) in [6, 6.07) is 7.90. The average molecular weight is 706 g/mol. The molecule has 270 valence electrons. The first-order valence-electron chi connectivity index (χ1n) is 17.2. The van der Waals surface area contributed by atoms with Crippen LogP contribution in [0.3, 0.4) is 0 Å². The molecule has 0 radical (unpaired) electrons. The summed E-state index contributed by atoms with van der Waals surface area (Å²) in [7, 11) is 0. The van der Waals surface area contributed by atoms with E-state index in [1.807, 2.05) is 29.2 Å². The quantitative estimate of drug-likeness (QED) is 0.277. The Balaban J connectivity index is 1.15. The third-order valence-electron chi connectivity index (χ3n) is 10.3. The third-order valence-corrected chi connectivity index (χ3v) is 10.3. The van der Waals surface area contributed by atoms with Gasteiger partial charge in [-0.2, -0.15) is 26.3 Å². The highest BCUT2D eigenvalue weighted by Crippen LogP contribution is 2.37. The Kier molecular flexibility index (Phi) is 10.5. The Hall–Kier alpha value is -4.07. The van der Waals surface area contributed by atoms with E-state index in [9.17, 15) is 40.7 Å². The Morgan fingerprint density at radius 3 is 2.18 bits per heavy atom. The number of nitrogens with zero attached hydrogens (tertiary/aromatic N) is 4. The van der Waals surface area contributed by atoms with Gasteiger partial charge in [-0.3, -0.25) is 14.4 Å². The van der Waals surface area contributed by atoms with Crippen molar-refractivity contribution in [2.45, 2.75) is 75.8 Å². The topological polar surface area (TPSA) is 80.0 Å². The fourth-order valence-corrected chi connectivity index (χ4v) is 7.60. The van der Waals surface area contributed by atoms with Crippen molar-refractivity contribution < 1.29 is 40.7 Å². The zero-order valence-corrected chi connectivity index (χ0v) is 27.7. The number of likely N-dealkylation sites (tertiary alicyclic amines) is 2. The average Bonchev–Trinajstić information content (AvgIpc) is 3.51. The van der Waals surface area contributed by atoms with E-state index in [0.29, 0.717) is 37.7 Å².